The minimum absolute atomic E-state index is 0.0670. The molecule has 0 aliphatic carbocycles. The summed E-state index contributed by atoms with van der Waals surface area (Å²) in [5, 5.41) is 5.98. The number of nitrogens with zero attached hydrogens (tertiary/aromatic N) is 4. The molecule has 1 aliphatic rings. The van der Waals surface area contributed by atoms with Gasteiger partial charge in [0.1, 0.15) is 12.1 Å². The largest absolute Gasteiger partial charge is 0.340 e. The Kier molecular flexibility index (Phi) is 6.42. The summed E-state index contributed by atoms with van der Waals surface area (Å²) in [6.07, 6.45) is 1.51. The first kappa shape index (κ1) is 21.5. The van der Waals surface area contributed by atoms with Crippen LogP contribution in [-0.2, 0) is 4.79 Å². The van der Waals surface area contributed by atoms with Gasteiger partial charge in [-0.1, -0.05) is 12.1 Å². The first-order valence-corrected chi connectivity index (χ1v) is 10.5. The Balaban J connectivity index is 1.43. The first-order valence-electron chi connectivity index (χ1n) is 10.5. The van der Waals surface area contributed by atoms with Crippen molar-refractivity contribution in [3.05, 3.63) is 66.5 Å². The number of likely N-dealkylation sites (N-methyl/N-ethyl adjacent to an activating group) is 1. The van der Waals surface area contributed by atoms with Crippen molar-refractivity contribution in [1.82, 2.24) is 19.8 Å². The normalized spacial score (nSPS) is 14.1. The highest BCUT2D eigenvalue weighted by atomic mass is 16.2. The van der Waals surface area contributed by atoms with E-state index in [2.05, 4.69) is 32.5 Å². The minimum Gasteiger partial charge on any atom is -0.340 e. The molecule has 0 atom stereocenters. The van der Waals surface area contributed by atoms with Gasteiger partial charge in [-0.05, 0) is 43.4 Å². The molecule has 1 aromatic heterocycles. The Labute approximate surface area is 187 Å². The molecule has 1 fully saturated rings. The molecular formula is C24H26N6O2. The zero-order valence-electron chi connectivity index (χ0n) is 18.2. The van der Waals surface area contributed by atoms with Crippen molar-refractivity contribution in [1.29, 1.82) is 0 Å². The fraction of sp³-hybridized carbons (Fsp3) is 0.250. The fourth-order valence-electron chi connectivity index (χ4n) is 3.55. The number of benzene rings is 2. The van der Waals surface area contributed by atoms with Crippen LogP contribution in [0.5, 0.6) is 0 Å². The number of hydrogen-bond donors (Lipinski definition) is 2. The molecule has 2 N–H and O–H groups in total. The minimum atomic E-state index is -0.109. The monoisotopic (exact) mass is 430 g/mol. The van der Waals surface area contributed by atoms with Gasteiger partial charge in [0.2, 0.25) is 5.91 Å². The molecule has 2 aromatic carbocycles. The van der Waals surface area contributed by atoms with Crippen LogP contribution in [0.2, 0.25) is 0 Å². The van der Waals surface area contributed by atoms with E-state index >= 15 is 0 Å². The maximum atomic E-state index is 12.7. The Morgan fingerprint density at radius 1 is 0.875 bits per heavy atom. The van der Waals surface area contributed by atoms with Crippen molar-refractivity contribution >= 4 is 29.0 Å². The second kappa shape index (κ2) is 9.57. The molecule has 0 unspecified atom stereocenters. The first-order chi connectivity index (χ1) is 15.5. The van der Waals surface area contributed by atoms with Crippen LogP contribution in [0.4, 0.5) is 17.2 Å². The number of carbonyl (C=O) groups excluding carboxylic acids is 2. The fourth-order valence-corrected chi connectivity index (χ4v) is 3.55. The lowest BCUT2D eigenvalue weighted by Gasteiger charge is -2.32. The van der Waals surface area contributed by atoms with Gasteiger partial charge in [0.25, 0.3) is 5.91 Å². The predicted molar refractivity (Wildman–Crippen MR) is 125 cm³/mol. The highest BCUT2D eigenvalue weighted by Crippen LogP contribution is 2.23. The second-order valence-electron chi connectivity index (χ2n) is 7.84. The lowest BCUT2D eigenvalue weighted by atomic mass is 10.1. The molecule has 2 amide bonds. The number of hydrogen-bond acceptors (Lipinski definition) is 6. The molecule has 164 valence electrons. The summed E-state index contributed by atoms with van der Waals surface area (Å²) in [4.78, 5) is 36.7. The van der Waals surface area contributed by atoms with Crippen molar-refractivity contribution in [2.45, 2.75) is 6.92 Å². The van der Waals surface area contributed by atoms with Crippen LogP contribution in [-0.4, -0.2) is 64.8 Å². The summed E-state index contributed by atoms with van der Waals surface area (Å²) in [5.74, 6) is 0.611. The smallest absolute Gasteiger partial charge is 0.253 e. The topological polar surface area (TPSA) is 90.5 Å². The molecule has 8 nitrogen and oxygen atoms in total. The summed E-state index contributed by atoms with van der Waals surface area (Å²) in [6, 6.07) is 16.8. The van der Waals surface area contributed by atoms with Gasteiger partial charge >= 0.3 is 0 Å². The average molecular weight is 431 g/mol. The van der Waals surface area contributed by atoms with Crippen molar-refractivity contribution in [3.63, 3.8) is 0 Å². The lowest BCUT2D eigenvalue weighted by molar-refractivity contribution is -0.114. The molecule has 4 rings (SSSR count). The van der Waals surface area contributed by atoms with Crippen molar-refractivity contribution in [3.8, 4) is 11.3 Å². The van der Waals surface area contributed by atoms with Crippen LogP contribution in [0.15, 0.2) is 60.9 Å². The number of nitrogens with one attached hydrogen (secondary N) is 2. The highest BCUT2D eigenvalue weighted by molar-refractivity contribution is 5.94. The Morgan fingerprint density at radius 2 is 1.53 bits per heavy atom. The van der Waals surface area contributed by atoms with Crippen LogP contribution in [0.3, 0.4) is 0 Å². The molecule has 1 aliphatic heterocycles. The summed E-state index contributed by atoms with van der Waals surface area (Å²) < 4.78 is 0. The standard InChI is InChI=1S/C24H26N6O2/c1-17(31)27-20-7-9-21(10-8-20)28-23-15-22(25-16-26-23)18-3-5-19(6-4-18)24(32)30-13-11-29(2)12-14-30/h3-10,15-16H,11-14H2,1-2H3,(H,27,31)(H,25,26,28). The van der Waals surface area contributed by atoms with Gasteiger partial charge in [-0.25, -0.2) is 9.97 Å². The summed E-state index contributed by atoms with van der Waals surface area (Å²) in [6.45, 7) is 4.78. The number of anilines is 3. The van der Waals surface area contributed by atoms with Gasteiger partial charge < -0.3 is 20.4 Å². The maximum Gasteiger partial charge on any atom is 0.253 e. The van der Waals surface area contributed by atoms with E-state index < -0.39 is 0 Å². The SMILES string of the molecule is CC(=O)Nc1ccc(Nc2cc(-c3ccc(C(=O)N4CCN(C)CC4)cc3)ncn2)cc1. The van der Waals surface area contributed by atoms with E-state index in [1.165, 1.54) is 13.3 Å². The third-order valence-electron chi connectivity index (χ3n) is 5.36. The van der Waals surface area contributed by atoms with E-state index in [-0.39, 0.29) is 11.8 Å². The average Bonchev–Trinajstić information content (AvgIpc) is 2.80. The van der Waals surface area contributed by atoms with Crippen molar-refractivity contribution in [2.75, 3.05) is 43.9 Å². The van der Waals surface area contributed by atoms with Crippen LogP contribution < -0.4 is 10.6 Å². The summed E-state index contributed by atoms with van der Waals surface area (Å²) in [5.41, 5.74) is 3.93. The predicted octanol–water partition coefficient (Wildman–Crippen LogP) is 3.23. The van der Waals surface area contributed by atoms with Crippen molar-refractivity contribution in [2.24, 2.45) is 0 Å². The second-order valence-corrected chi connectivity index (χ2v) is 7.84. The van der Waals surface area contributed by atoms with Gasteiger partial charge in [0.05, 0.1) is 5.69 Å². The van der Waals surface area contributed by atoms with Crippen LogP contribution >= 0.6 is 0 Å². The molecular weight excluding hydrogens is 404 g/mol. The maximum absolute atomic E-state index is 12.7. The molecule has 3 aromatic rings. The molecule has 1 saturated heterocycles. The number of piperazine rings is 1. The van der Waals surface area contributed by atoms with Crippen LogP contribution in [0, 0.1) is 0 Å². The molecule has 0 radical (unpaired) electrons. The summed E-state index contributed by atoms with van der Waals surface area (Å²) >= 11 is 0. The zero-order valence-corrected chi connectivity index (χ0v) is 18.2. The van der Waals surface area contributed by atoms with Gasteiger partial charge in [0.15, 0.2) is 0 Å². The van der Waals surface area contributed by atoms with E-state index in [0.717, 1.165) is 48.8 Å². The van der Waals surface area contributed by atoms with Crippen LogP contribution in [0.25, 0.3) is 11.3 Å². The molecule has 0 spiro atoms. The Bertz CT molecular complexity index is 1090. The van der Waals surface area contributed by atoms with E-state index in [9.17, 15) is 9.59 Å². The third-order valence-corrected chi connectivity index (χ3v) is 5.36. The number of carbonyl (C=O) groups is 2. The van der Waals surface area contributed by atoms with Crippen molar-refractivity contribution < 1.29 is 9.59 Å². The van der Waals surface area contributed by atoms with Gasteiger partial charge in [-0.2, -0.15) is 0 Å². The van der Waals surface area contributed by atoms with Gasteiger partial charge in [-0.3, -0.25) is 9.59 Å². The van der Waals surface area contributed by atoms with E-state index in [0.29, 0.717) is 11.4 Å². The van der Waals surface area contributed by atoms with E-state index in [4.69, 9.17) is 0 Å². The molecule has 32 heavy (non-hydrogen) atoms. The highest BCUT2D eigenvalue weighted by Gasteiger charge is 2.20. The Hall–Kier alpha value is -3.78. The quantitative estimate of drug-likeness (QED) is 0.646. The van der Waals surface area contributed by atoms with E-state index in [1.807, 2.05) is 59.5 Å². The van der Waals surface area contributed by atoms with Gasteiger partial charge in [0, 0.05) is 61.7 Å². The lowest BCUT2D eigenvalue weighted by Crippen LogP contribution is -2.47. The third kappa shape index (κ3) is 5.28. The van der Waals surface area contributed by atoms with Crippen LogP contribution in [0.1, 0.15) is 17.3 Å². The molecule has 0 bridgehead atoms. The number of amides is 2. The molecule has 8 heteroatoms. The number of rotatable bonds is 5. The molecule has 0 saturated carbocycles. The zero-order chi connectivity index (χ0) is 22.5. The summed E-state index contributed by atoms with van der Waals surface area (Å²) in [7, 11) is 2.07. The molecule has 2 heterocycles. The number of aromatic nitrogens is 2. The Morgan fingerprint density at radius 3 is 2.19 bits per heavy atom. The van der Waals surface area contributed by atoms with Gasteiger partial charge in [-0.15, -0.1) is 0 Å². The van der Waals surface area contributed by atoms with E-state index in [1.54, 1.807) is 0 Å².